The van der Waals surface area contributed by atoms with E-state index in [9.17, 15) is 19.8 Å². The minimum absolute atomic E-state index is 0.0239. The number of methoxy groups -OCH3 is 1. The number of nitrogens with one attached hydrogen (secondary N) is 1. The van der Waals surface area contributed by atoms with Crippen molar-refractivity contribution in [2.45, 2.75) is 31.1 Å². The Hall–Kier alpha value is -1.52. The van der Waals surface area contributed by atoms with Crippen molar-refractivity contribution in [2.24, 2.45) is 0 Å². The Balaban J connectivity index is 2.40. The second-order valence-corrected chi connectivity index (χ2v) is 4.49. The van der Waals surface area contributed by atoms with Gasteiger partial charge in [0.1, 0.15) is 31.1 Å². The quantitative estimate of drug-likeness (QED) is 0.473. The summed E-state index contributed by atoms with van der Waals surface area (Å²) in [5.74, 6) is 0. The second-order valence-electron chi connectivity index (χ2n) is 4.49. The highest BCUT2D eigenvalue weighted by molar-refractivity contribution is 5.14. The number of hydrogen-bond donors (Lipinski definition) is 4. The monoisotopic (exact) mass is 288 g/mol. The van der Waals surface area contributed by atoms with Crippen molar-refractivity contribution in [2.75, 3.05) is 13.7 Å². The third kappa shape index (κ3) is 2.53. The van der Waals surface area contributed by atoms with Crippen LogP contribution in [0, 0.1) is 0 Å². The number of H-pyrrole nitrogens is 1. The molecule has 0 spiro atoms. The Morgan fingerprint density at radius 3 is 2.65 bits per heavy atom. The van der Waals surface area contributed by atoms with Crippen LogP contribution in [0.4, 0.5) is 0 Å². The van der Waals surface area contributed by atoms with Gasteiger partial charge in [0.05, 0.1) is 12.2 Å². The van der Waals surface area contributed by atoms with E-state index in [2.05, 4.69) is 4.98 Å². The van der Waals surface area contributed by atoms with Gasteiger partial charge < -0.3 is 24.8 Å². The number of aliphatic hydroxyl groups excluding tert-OH is 3. The molecule has 0 aliphatic carbocycles. The average molecular weight is 288 g/mol. The number of nitrogens with zero attached hydrogens (tertiary/aromatic N) is 1. The molecule has 1 aromatic heterocycles. The molecule has 1 aliphatic heterocycles. The third-order valence-corrected chi connectivity index (χ3v) is 3.16. The average Bonchev–Trinajstić information content (AvgIpc) is 2.70. The molecule has 4 N–H and O–H groups in total. The van der Waals surface area contributed by atoms with Crippen LogP contribution in [0.15, 0.2) is 15.8 Å². The number of aromatic amines is 1. The topological polar surface area (TPSA) is 134 Å². The molecule has 9 heteroatoms. The maximum atomic E-state index is 11.8. The van der Waals surface area contributed by atoms with Crippen LogP contribution in [0.2, 0.25) is 0 Å². The van der Waals surface area contributed by atoms with Gasteiger partial charge in [-0.1, -0.05) is 0 Å². The van der Waals surface area contributed by atoms with E-state index < -0.39 is 42.3 Å². The molecule has 1 saturated heterocycles. The fourth-order valence-corrected chi connectivity index (χ4v) is 2.12. The van der Waals surface area contributed by atoms with E-state index in [1.165, 1.54) is 13.3 Å². The number of aliphatic hydroxyl groups is 3. The first-order valence-corrected chi connectivity index (χ1v) is 5.94. The fraction of sp³-hybridized carbons (Fsp3) is 0.636. The molecule has 2 heterocycles. The Labute approximate surface area is 113 Å². The predicted molar refractivity (Wildman–Crippen MR) is 65.0 cm³/mol. The van der Waals surface area contributed by atoms with E-state index in [0.29, 0.717) is 0 Å². The highest BCUT2D eigenvalue weighted by atomic mass is 16.6. The van der Waals surface area contributed by atoms with Crippen LogP contribution in [0.3, 0.4) is 0 Å². The summed E-state index contributed by atoms with van der Waals surface area (Å²) in [6.45, 7) is -0.582. The van der Waals surface area contributed by atoms with Crippen LogP contribution in [0.25, 0.3) is 0 Å². The number of rotatable bonds is 4. The van der Waals surface area contributed by atoms with Gasteiger partial charge in [-0.25, -0.2) is 4.79 Å². The zero-order valence-electron chi connectivity index (χ0n) is 10.7. The first kappa shape index (κ1) is 14.9. The van der Waals surface area contributed by atoms with Gasteiger partial charge in [-0.3, -0.25) is 14.3 Å². The van der Waals surface area contributed by atoms with Gasteiger partial charge in [0.15, 0.2) is 0 Å². The molecular formula is C11H16N2O7. The van der Waals surface area contributed by atoms with Gasteiger partial charge in [0.2, 0.25) is 0 Å². The summed E-state index contributed by atoms with van der Waals surface area (Å²) in [5, 5.41) is 28.6. The molecule has 9 nitrogen and oxygen atoms in total. The van der Waals surface area contributed by atoms with Crippen molar-refractivity contribution in [3.05, 3.63) is 32.6 Å². The molecule has 20 heavy (non-hydrogen) atoms. The molecule has 4 atom stereocenters. The largest absolute Gasteiger partial charge is 0.394 e. The van der Waals surface area contributed by atoms with E-state index in [4.69, 9.17) is 14.6 Å². The zero-order valence-corrected chi connectivity index (χ0v) is 10.7. The molecule has 0 bridgehead atoms. The lowest BCUT2D eigenvalue weighted by Crippen LogP contribution is -2.36. The number of hydrogen-bond acceptors (Lipinski definition) is 7. The minimum atomic E-state index is -1.37. The highest BCUT2D eigenvalue weighted by Gasteiger charge is 2.44. The van der Waals surface area contributed by atoms with E-state index in [-0.39, 0.29) is 12.3 Å². The third-order valence-electron chi connectivity index (χ3n) is 3.16. The maximum Gasteiger partial charge on any atom is 0.330 e. The zero-order chi connectivity index (χ0) is 14.9. The van der Waals surface area contributed by atoms with Gasteiger partial charge >= 0.3 is 5.69 Å². The summed E-state index contributed by atoms with van der Waals surface area (Å²) < 4.78 is 11.1. The van der Waals surface area contributed by atoms with Crippen molar-refractivity contribution in [1.82, 2.24) is 9.55 Å². The van der Waals surface area contributed by atoms with Crippen LogP contribution in [-0.2, 0) is 16.2 Å². The first-order valence-electron chi connectivity index (χ1n) is 5.94. The Bertz CT molecular complexity index is 581. The Morgan fingerprint density at radius 2 is 2.10 bits per heavy atom. The lowest BCUT2D eigenvalue weighted by atomic mass is 10.0. The van der Waals surface area contributed by atoms with Crippen molar-refractivity contribution in [3.8, 4) is 0 Å². The molecule has 0 radical (unpaired) electrons. The SMILES string of the molecule is COCn1cc([C@@H]2O[C@H](CO)C(O)[C@@H]2O)c(=O)[nH]c1=O. The molecule has 1 unspecified atom stereocenters. The minimum Gasteiger partial charge on any atom is -0.394 e. The Morgan fingerprint density at radius 1 is 1.40 bits per heavy atom. The van der Waals surface area contributed by atoms with E-state index in [0.717, 1.165) is 4.57 Å². The van der Waals surface area contributed by atoms with Crippen molar-refractivity contribution in [3.63, 3.8) is 0 Å². The van der Waals surface area contributed by atoms with Gasteiger partial charge in [-0.15, -0.1) is 0 Å². The van der Waals surface area contributed by atoms with E-state index >= 15 is 0 Å². The second kappa shape index (κ2) is 5.85. The van der Waals surface area contributed by atoms with Gasteiger partial charge in [-0.2, -0.15) is 0 Å². The molecule has 0 amide bonds. The molecule has 0 saturated carbocycles. The lowest BCUT2D eigenvalue weighted by molar-refractivity contribution is -0.0235. The van der Waals surface area contributed by atoms with Gasteiger partial charge in [0, 0.05) is 13.3 Å². The summed E-state index contributed by atoms with van der Waals surface area (Å²) in [6, 6.07) is 0. The van der Waals surface area contributed by atoms with Crippen LogP contribution in [0.5, 0.6) is 0 Å². The number of ether oxygens (including phenoxy) is 2. The predicted octanol–water partition coefficient (Wildman–Crippen LogP) is -2.71. The first-order chi connectivity index (χ1) is 9.49. The van der Waals surface area contributed by atoms with E-state index in [1.54, 1.807) is 0 Å². The van der Waals surface area contributed by atoms with E-state index in [1.807, 2.05) is 0 Å². The van der Waals surface area contributed by atoms with Crippen LogP contribution in [0.1, 0.15) is 11.7 Å². The summed E-state index contributed by atoms with van der Waals surface area (Å²) in [4.78, 5) is 25.4. The molecule has 112 valence electrons. The van der Waals surface area contributed by atoms with Gasteiger partial charge in [0.25, 0.3) is 5.56 Å². The number of aromatic nitrogens is 2. The molecule has 0 aromatic carbocycles. The smallest absolute Gasteiger partial charge is 0.330 e. The highest BCUT2D eigenvalue weighted by Crippen LogP contribution is 2.31. The maximum absolute atomic E-state index is 11.8. The normalized spacial score (nSPS) is 29.8. The summed E-state index contributed by atoms with van der Waals surface area (Å²) in [5.41, 5.74) is -1.41. The lowest BCUT2D eigenvalue weighted by Gasteiger charge is -2.15. The Kier molecular flexibility index (Phi) is 4.35. The molecule has 1 fully saturated rings. The standard InChI is InChI=1S/C11H16N2O7/c1-19-4-13-2-5(10(17)12-11(13)18)9-8(16)7(15)6(3-14)20-9/h2,6-9,14-16H,3-4H2,1H3,(H,12,17,18)/t6-,7?,8+,9+/m1/s1. The van der Waals surface area contributed by atoms with Crippen LogP contribution >= 0.6 is 0 Å². The molecular weight excluding hydrogens is 272 g/mol. The summed E-state index contributed by atoms with van der Waals surface area (Å²) >= 11 is 0. The fourth-order valence-electron chi connectivity index (χ4n) is 2.12. The molecule has 2 rings (SSSR count). The summed E-state index contributed by atoms with van der Waals surface area (Å²) in [7, 11) is 1.38. The molecule has 1 aliphatic rings. The van der Waals surface area contributed by atoms with Crippen LogP contribution in [-0.4, -0.2) is 56.9 Å². The van der Waals surface area contributed by atoms with Crippen molar-refractivity contribution in [1.29, 1.82) is 0 Å². The van der Waals surface area contributed by atoms with Gasteiger partial charge in [-0.05, 0) is 0 Å². The van der Waals surface area contributed by atoms with Crippen LogP contribution < -0.4 is 11.2 Å². The summed E-state index contributed by atoms with van der Waals surface area (Å²) in [6.07, 6.45) is -3.61. The van der Waals surface area contributed by atoms with Crippen molar-refractivity contribution < 1.29 is 24.8 Å². The molecule has 1 aromatic rings. The van der Waals surface area contributed by atoms with Crippen molar-refractivity contribution >= 4 is 0 Å².